The average Bonchev–Trinajstić information content (AvgIpc) is 2.72. The lowest BCUT2D eigenvalue weighted by Gasteiger charge is -2.10. The van der Waals surface area contributed by atoms with Gasteiger partial charge in [-0.25, -0.2) is 13.1 Å². The van der Waals surface area contributed by atoms with Crippen LogP contribution < -0.4 is 4.72 Å². The van der Waals surface area contributed by atoms with Crippen molar-refractivity contribution in [3.8, 4) is 11.1 Å². The fourth-order valence-electron chi connectivity index (χ4n) is 3.53. The van der Waals surface area contributed by atoms with E-state index in [9.17, 15) is 8.42 Å². The van der Waals surface area contributed by atoms with Crippen LogP contribution in [-0.4, -0.2) is 13.4 Å². The van der Waals surface area contributed by atoms with Gasteiger partial charge in [0.1, 0.15) is 0 Å². The quantitative estimate of drug-likeness (QED) is 0.511. The minimum atomic E-state index is -3.61. The zero-order chi connectivity index (χ0) is 20.4. The number of nitrogens with one attached hydrogen (secondary N) is 1. The largest absolute Gasteiger partial charge is 0.256 e. The predicted octanol–water partition coefficient (Wildman–Crippen LogP) is 5.00. The Bertz CT molecular complexity index is 1250. The lowest BCUT2D eigenvalue weighted by atomic mass is 10.0. The van der Waals surface area contributed by atoms with Crippen LogP contribution in [0.4, 0.5) is 0 Å². The highest BCUT2D eigenvalue weighted by Crippen LogP contribution is 2.24. The monoisotopic (exact) mass is 402 g/mol. The molecule has 4 rings (SSSR count). The summed E-state index contributed by atoms with van der Waals surface area (Å²) in [5.74, 6) is 0. The van der Waals surface area contributed by atoms with Crippen LogP contribution in [0, 0.1) is 13.8 Å². The van der Waals surface area contributed by atoms with E-state index in [-0.39, 0.29) is 11.4 Å². The Morgan fingerprint density at radius 2 is 1.52 bits per heavy atom. The van der Waals surface area contributed by atoms with Crippen molar-refractivity contribution < 1.29 is 8.42 Å². The number of aromatic nitrogens is 1. The lowest BCUT2D eigenvalue weighted by molar-refractivity contribution is 0.581. The molecule has 0 saturated heterocycles. The lowest BCUT2D eigenvalue weighted by Crippen LogP contribution is -2.23. The molecule has 1 heterocycles. The first-order valence-corrected chi connectivity index (χ1v) is 10.9. The fraction of sp³-hybridized carbons (Fsp3) is 0.125. The molecule has 0 fully saturated rings. The standard InChI is InChI=1S/C24H22N2O2S/c1-17-13-18(2)15-21(14-17)19-7-9-22(10-8-19)29(27,28)26-16-20-11-12-25-24-6-4-3-5-23(20)24/h3-15,26H,16H2,1-2H3. The van der Waals surface area contributed by atoms with Crippen molar-refractivity contribution in [1.82, 2.24) is 9.71 Å². The third-order valence-corrected chi connectivity index (χ3v) is 6.33. The van der Waals surface area contributed by atoms with Gasteiger partial charge in [-0.15, -0.1) is 0 Å². The summed E-state index contributed by atoms with van der Waals surface area (Å²) in [5, 5.41) is 0.947. The van der Waals surface area contributed by atoms with E-state index in [4.69, 9.17) is 0 Å². The van der Waals surface area contributed by atoms with Crippen LogP contribution in [0.5, 0.6) is 0 Å². The molecule has 29 heavy (non-hydrogen) atoms. The summed E-state index contributed by atoms with van der Waals surface area (Å²) in [4.78, 5) is 4.57. The molecule has 0 spiro atoms. The van der Waals surface area contributed by atoms with Crippen LogP contribution in [0.3, 0.4) is 0 Å². The van der Waals surface area contributed by atoms with E-state index in [1.165, 1.54) is 11.1 Å². The Morgan fingerprint density at radius 1 is 0.828 bits per heavy atom. The maximum atomic E-state index is 12.8. The molecule has 0 aliphatic heterocycles. The van der Waals surface area contributed by atoms with E-state index >= 15 is 0 Å². The SMILES string of the molecule is Cc1cc(C)cc(-c2ccc(S(=O)(=O)NCc3ccnc4ccccc34)cc2)c1. The second-order valence-corrected chi connectivity index (χ2v) is 8.98. The number of nitrogens with zero attached hydrogens (tertiary/aromatic N) is 1. The molecule has 0 unspecified atom stereocenters. The molecule has 146 valence electrons. The number of pyridine rings is 1. The minimum Gasteiger partial charge on any atom is -0.256 e. The van der Waals surface area contributed by atoms with Crippen molar-refractivity contribution in [3.63, 3.8) is 0 Å². The number of aryl methyl sites for hydroxylation is 2. The average molecular weight is 403 g/mol. The highest BCUT2D eigenvalue weighted by Gasteiger charge is 2.14. The minimum absolute atomic E-state index is 0.212. The first-order valence-electron chi connectivity index (χ1n) is 9.43. The Balaban J connectivity index is 1.56. The smallest absolute Gasteiger partial charge is 0.240 e. The molecule has 1 aromatic heterocycles. The summed E-state index contributed by atoms with van der Waals surface area (Å²) in [7, 11) is -3.61. The number of rotatable bonds is 5. The zero-order valence-corrected chi connectivity index (χ0v) is 17.2. The van der Waals surface area contributed by atoms with Crippen molar-refractivity contribution in [2.45, 2.75) is 25.3 Å². The van der Waals surface area contributed by atoms with Gasteiger partial charge in [0.05, 0.1) is 10.4 Å². The summed E-state index contributed by atoms with van der Waals surface area (Å²) >= 11 is 0. The van der Waals surface area contributed by atoms with Crippen molar-refractivity contribution in [3.05, 3.63) is 95.7 Å². The van der Waals surface area contributed by atoms with E-state index in [2.05, 4.69) is 41.8 Å². The van der Waals surface area contributed by atoms with Crippen LogP contribution in [0.2, 0.25) is 0 Å². The van der Waals surface area contributed by atoms with Gasteiger partial charge in [0.25, 0.3) is 0 Å². The van der Waals surface area contributed by atoms with Crippen molar-refractivity contribution in [1.29, 1.82) is 0 Å². The summed E-state index contributed by atoms with van der Waals surface area (Å²) in [6, 6.07) is 22.9. The number of sulfonamides is 1. The zero-order valence-electron chi connectivity index (χ0n) is 16.4. The molecular formula is C24H22N2O2S. The van der Waals surface area contributed by atoms with E-state index < -0.39 is 10.0 Å². The molecule has 0 aliphatic carbocycles. The molecular weight excluding hydrogens is 380 g/mol. The molecule has 0 aliphatic rings. The second kappa shape index (κ2) is 7.78. The topological polar surface area (TPSA) is 59.1 Å². The fourth-order valence-corrected chi connectivity index (χ4v) is 4.54. The molecule has 4 nitrogen and oxygen atoms in total. The third kappa shape index (κ3) is 4.21. The highest BCUT2D eigenvalue weighted by molar-refractivity contribution is 7.89. The summed E-state index contributed by atoms with van der Waals surface area (Å²) < 4.78 is 28.2. The first-order chi connectivity index (χ1) is 13.9. The van der Waals surface area contributed by atoms with E-state index in [0.717, 1.165) is 27.6 Å². The van der Waals surface area contributed by atoms with Crippen LogP contribution in [0.1, 0.15) is 16.7 Å². The van der Waals surface area contributed by atoms with Gasteiger partial charge >= 0.3 is 0 Å². The summed E-state index contributed by atoms with van der Waals surface area (Å²) in [6.45, 7) is 4.33. The Hall–Kier alpha value is -3.02. The molecule has 0 amide bonds. The molecule has 0 radical (unpaired) electrons. The van der Waals surface area contributed by atoms with Gasteiger partial charge in [0.2, 0.25) is 10.0 Å². The highest BCUT2D eigenvalue weighted by atomic mass is 32.2. The van der Waals surface area contributed by atoms with Gasteiger partial charge in [0.15, 0.2) is 0 Å². The summed E-state index contributed by atoms with van der Waals surface area (Å²) in [5.41, 5.74) is 6.19. The molecule has 0 atom stereocenters. The molecule has 3 aromatic carbocycles. The van der Waals surface area contributed by atoms with Crippen LogP contribution in [0.25, 0.3) is 22.0 Å². The van der Waals surface area contributed by atoms with Gasteiger partial charge in [-0.3, -0.25) is 4.98 Å². The number of fused-ring (bicyclic) bond motifs is 1. The molecule has 0 bridgehead atoms. The third-order valence-electron chi connectivity index (χ3n) is 4.91. The Kier molecular flexibility index (Phi) is 5.18. The van der Waals surface area contributed by atoms with Gasteiger partial charge in [-0.1, -0.05) is 59.7 Å². The van der Waals surface area contributed by atoms with E-state index in [1.54, 1.807) is 18.3 Å². The Morgan fingerprint density at radius 3 is 2.24 bits per heavy atom. The first kappa shape index (κ1) is 19.3. The maximum absolute atomic E-state index is 12.8. The Labute approximate surface area is 171 Å². The van der Waals surface area contributed by atoms with Crippen molar-refractivity contribution in [2.75, 3.05) is 0 Å². The number of para-hydroxylation sites is 1. The van der Waals surface area contributed by atoms with Gasteiger partial charge in [0, 0.05) is 18.1 Å². The van der Waals surface area contributed by atoms with Crippen molar-refractivity contribution >= 4 is 20.9 Å². The van der Waals surface area contributed by atoms with Crippen LogP contribution in [-0.2, 0) is 16.6 Å². The summed E-state index contributed by atoms with van der Waals surface area (Å²) in [6.07, 6.45) is 1.70. The maximum Gasteiger partial charge on any atom is 0.240 e. The normalized spacial score (nSPS) is 11.7. The van der Waals surface area contributed by atoms with Gasteiger partial charge in [-0.05, 0) is 54.8 Å². The van der Waals surface area contributed by atoms with Gasteiger partial charge < -0.3 is 0 Å². The number of hydrogen-bond donors (Lipinski definition) is 1. The second-order valence-electron chi connectivity index (χ2n) is 7.21. The number of hydrogen-bond acceptors (Lipinski definition) is 3. The molecule has 5 heteroatoms. The van der Waals surface area contributed by atoms with E-state index in [0.29, 0.717) is 0 Å². The molecule has 1 N–H and O–H groups in total. The van der Waals surface area contributed by atoms with Crippen LogP contribution in [0.15, 0.2) is 83.9 Å². The van der Waals surface area contributed by atoms with Crippen LogP contribution >= 0.6 is 0 Å². The van der Waals surface area contributed by atoms with Crippen molar-refractivity contribution in [2.24, 2.45) is 0 Å². The molecule has 4 aromatic rings. The molecule has 0 saturated carbocycles. The number of benzene rings is 3. The van der Waals surface area contributed by atoms with E-state index in [1.807, 2.05) is 42.5 Å². The van der Waals surface area contributed by atoms with Gasteiger partial charge in [-0.2, -0.15) is 0 Å². The predicted molar refractivity (Wildman–Crippen MR) is 117 cm³/mol.